The molecule has 0 aromatic heterocycles. The SMILES string of the molecule is CCCCCCCCC(C)OC(=O)CCCCCCCCNCCO. The lowest BCUT2D eigenvalue weighted by Crippen LogP contribution is -2.19. The third-order valence-electron chi connectivity index (χ3n) is 4.57. The van der Waals surface area contributed by atoms with E-state index < -0.39 is 0 Å². The van der Waals surface area contributed by atoms with Crippen molar-refractivity contribution < 1.29 is 14.6 Å². The summed E-state index contributed by atoms with van der Waals surface area (Å²) in [6.45, 7) is 6.16. The highest BCUT2D eigenvalue weighted by molar-refractivity contribution is 5.69. The van der Waals surface area contributed by atoms with Crippen LogP contribution in [0.3, 0.4) is 0 Å². The molecule has 0 aliphatic rings. The Kier molecular flexibility index (Phi) is 19.2. The highest BCUT2D eigenvalue weighted by Gasteiger charge is 2.08. The average molecular weight is 358 g/mol. The molecule has 0 aromatic rings. The largest absolute Gasteiger partial charge is 0.463 e. The van der Waals surface area contributed by atoms with Gasteiger partial charge in [-0.15, -0.1) is 0 Å². The zero-order valence-corrected chi connectivity index (χ0v) is 16.9. The highest BCUT2D eigenvalue weighted by Crippen LogP contribution is 2.12. The zero-order valence-electron chi connectivity index (χ0n) is 16.9. The Morgan fingerprint density at radius 3 is 2.16 bits per heavy atom. The van der Waals surface area contributed by atoms with Gasteiger partial charge in [0.1, 0.15) is 0 Å². The number of nitrogens with one attached hydrogen (secondary N) is 1. The first-order chi connectivity index (χ1) is 12.2. The minimum atomic E-state index is -0.0216. The van der Waals surface area contributed by atoms with Crippen molar-refractivity contribution in [2.45, 2.75) is 110 Å². The number of rotatable bonds is 19. The molecule has 0 bridgehead atoms. The van der Waals surface area contributed by atoms with Crippen LogP contribution in [0, 0.1) is 0 Å². The summed E-state index contributed by atoms with van der Waals surface area (Å²) in [7, 11) is 0. The first kappa shape index (κ1) is 24.4. The van der Waals surface area contributed by atoms with Crippen molar-refractivity contribution in [2.24, 2.45) is 0 Å². The lowest BCUT2D eigenvalue weighted by Gasteiger charge is -2.13. The van der Waals surface area contributed by atoms with Gasteiger partial charge in [-0.2, -0.15) is 0 Å². The fourth-order valence-corrected chi connectivity index (χ4v) is 2.98. The van der Waals surface area contributed by atoms with Crippen LogP contribution in [0.15, 0.2) is 0 Å². The molecule has 25 heavy (non-hydrogen) atoms. The van der Waals surface area contributed by atoms with E-state index in [9.17, 15) is 4.79 Å². The minimum Gasteiger partial charge on any atom is -0.463 e. The Balaban J connectivity index is 3.31. The zero-order chi connectivity index (χ0) is 18.6. The molecule has 0 aliphatic carbocycles. The summed E-state index contributed by atoms with van der Waals surface area (Å²) < 4.78 is 5.49. The summed E-state index contributed by atoms with van der Waals surface area (Å²) in [5.74, 6) is -0.0216. The molecule has 150 valence electrons. The molecule has 4 heteroatoms. The third-order valence-corrected chi connectivity index (χ3v) is 4.57. The minimum absolute atomic E-state index is 0.0216. The number of unbranched alkanes of at least 4 members (excludes halogenated alkanes) is 10. The van der Waals surface area contributed by atoms with E-state index in [2.05, 4.69) is 12.2 Å². The quantitative estimate of drug-likeness (QED) is 0.253. The van der Waals surface area contributed by atoms with E-state index in [0.717, 1.165) is 32.2 Å². The normalized spacial score (nSPS) is 12.3. The van der Waals surface area contributed by atoms with Gasteiger partial charge < -0.3 is 15.2 Å². The van der Waals surface area contributed by atoms with Crippen molar-refractivity contribution >= 4 is 5.97 Å². The Morgan fingerprint density at radius 2 is 1.48 bits per heavy atom. The molecular formula is C21H43NO3. The van der Waals surface area contributed by atoms with Crippen molar-refractivity contribution in [3.63, 3.8) is 0 Å². The van der Waals surface area contributed by atoms with Gasteiger partial charge in [0.15, 0.2) is 0 Å². The average Bonchev–Trinajstić information content (AvgIpc) is 2.59. The summed E-state index contributed by atoms with van der Waals surface area (Å²) in [6, 6.07) is 0. The summed E-state index contributed by atoms with van der Waals surface area (Å²) in [6.07, 6.45) is 16.2. The molecule has 1 atom stereocenters. The molecule has 0 amide bonds. The van der Waals surface area contributed by atoms with Crippen LogP contribution in [0.25, 0.3) is 0 Å². The van der Waals surface area contributed by atoms with Crippen LogP contribution < -0.4 is 5.32 Å². The van der Waals surface area contributed by atoms with Gasteiger partial charge in [-0.1, -0.05) is 64.7 Å². The number of hydrogen-bond donors (Lipinski definition) is 2. The number of esters is 1. The number of aliphatic hydroxyl groups excluding tert-OH is 1. The van der Waals surface area contributed by atoms with E-state index in [0.29, 0.717) is 13.0 Å². The molecular weight excluding hydrogens is 314 g/mol. The summed E-state index contributed by atoms with van der Waals surface area (Å²) in [5.41, 5.74) is 0. The van der Waals surface area contributed by atoms with Crippen LogP contribution in [0.4, 0.5) is 0 Å². The fraction of sp³-hybridized carbons (Fsp3) is 0.952. The summed E-state index contributed by atoms with van der Waals surface area (Å²) >= 11 is 0. The van der Waals surface area contributed by atoms with E-state index in [1.54, 1.807) is 0 Å². The second kappa shape index (κ2) is 19.7. The molecule has 0 saturated carbocycles. The van der Waals surface area contributed by atoms with Crippen molar-refractivity contribution in [1.82, 2.24) is 5.32 Å². The second-order valence-corrected chi connectivity index (χ2v) is 7.20. The number of aliphatic hydroxyl groups is 1. The Bertz CT molecular complexity index is 284. The molecule has 0 aliphatic heterocycles. The van der Waals surface area contributed by atoms with E-state index in [-0.39, 0.29) is 18.7 Å². The molecule has 1 unspecified atom stereocenters. The monoisotopic (exact) mass is 357 g/mol. The molecule has 2 N–H and O–H groups in total. The van der Waals surface area contributed by atoms with Crippen LogP contribution in [-0.2, 0) is 9.53 Å². The predicted octanol–water partition coefficient (Wildman–Crippen LogP) is 4.98. The van der Waals surface area contributed by atoms with E-state index in [4.69, 9.17) is 9.84 Å². The molecule has 0 radical (unpaired) electrons. The van der Waals surface area contributed by atoms with Crippen molar-refractivity contribution in [1.29, 1.82) is 0 Å². The Labute approximate surface area is 156 Å². The van der Waals surface area contributed by atoms with E-state index in [1.807, 2.05) is 6.92 Å². The van der Waals surface area contributed by atoms with Crippen molar-refractivity contribution in [3.05, 3.63) is 0 Å². The first-order valence-electron chi connectivity index (χ1n) is 10.7. The van der Waals surface area contributed by atoms with Crippen LogP contribution in [0.5, 0.6) is 0 Å². The maximum Gasteiger partial charge on any atom is 0.306 e. The lowest BCUT2D eigenvalue weighted by atomic mass is 10.1. The van der Waals surface area contributed by atoms with Crippen LogP contribution in [0.1, 0.15) is 104 Å². The van der Waals surface area contributed by atoms with E-state index >= 15 is 0 Å². The van der Waals surface area contributed by atoms with Crippen LogP contribution in [-0.4, -0.2) is 36.9 Å². The van der Waals surface area contributed by atoms with Gasteiger partial charge in [0.05, 0.1) is 12.7 Å². The molecule has 0 heterocycles. The van der Waals surface area contributed by atoms with Crippen molar-refractivity contribution in [2.75, 3.05) is 19.7 Å². The Morgan fingerprint density at radius 1 is 0.880 bits per heavy atom. The molecule has 0 fully saturated rings. The van der Waals surface area contributed by atoms with Gasteiger partial charge >= 0.3 is 5.97 Å². The number of carbonyl (C=O) groups excluding carboxylic acids is 1. The van der Waals surface area contributed by atoms with Gasteiger partial charge in [-0.3, -0.25) is 4.79 Å². The summed E-state index contributed by atoms with van der Waals surface area (Å²) in [4.78, 5) is 11.8. The smallest absolute Gasteiger partial charge is 0.306 e. The van der Waals surface area contributed by atoms with E-state index in [1.165, 1.54) is 57.8 Å². The van der Waals surface area contributed by atoms with Gasteiger partial charge in [-0.05, 0) is 39.2 Å². The van der Waals surface area contributed by atoms with Gasteiger partial charge in [0.25, 0.3) is 0 Å². The third kappa shape index (κ3) is 19.6. The maximum absolute atomic E-state index is 11.8. The molecule has 0 saturated heterocycles. The standard InChI is InChI=1S/C21H43NO3/c1-3-4-5-6-9-12-15-20(2)25-21(24)16-13-10-7-8-11-14-17-22-18-19-23/h20,22-23H,3-19H2,1-2H3. The summed E-state index contributed by atoms with van der Waals surface area (Å²) in [5, 5.41) is 11.8. The van der Waals surface area contributed by atoms with Gasteiger partial charge in [0, 0.05) is 13.0 Å². The lowest BCUT2D eigenvalue weighted by molar-refractivity contribution is -0.148. The molecule has 0 spiro atoms. The van der Waals surface area contributed by atoms with Gasteiger partial charge in [-0.25, -0.2) is 0 Å². The van der Waals surface area contributed by atoms with Gasteiger partial charge in [0.2, 0.25) is 0 Å². The fourth-order valence-electron chi connectivity index (χ4n) is 2.98. The molecule has 4 nitrogen and oxygen atoms in total. The topological polar surface area (TPSA) is 58.6 Å². The van der Waals surface area contributed by atoms with Crippen molar-refractivity contribution in [3.8, 4) is 0 Å². The number of hydrogen-bond acceptors (Lipinski definition) is 4. The molecule has 0 rings (SSSR count). The maximum atomic E-state index is 11.8. The van der Waals surface area contributed by atoms with Crippen LogP contribution in [0.2, 0.25) is 0 Å². The predicted molar refractivity (Wildman–Crippen MR) is 106 cm³/mol. The highest BCUT2D eigenvalue weighted by atomic mass is 16.5. The first-order valence-corrected chi connectivity index (χ1v) is 10.7. The van der Waals surface area contributed by atoms with Crippen LogP contribution >= 0.6 is 0 Å². The second-order valence-electron chi connectivity index (χ2n) is 7.20. The number of carbonyl (C=O) groups is 1. The number of ether oxygens (including phenoxy) is 1. The Hall–Kier alpha value is -0.610. The molecule has 0 aromatic carbocycles.